The molecule has 4 nitrogen and oxygen atoms in total. The van der Waals surface area contributed by atoms with Crippen LogP contribution >= 0.6 is 0 Å². The fraction of sp³-hybridized carbons (Fsp3) is 0.615. The van der Waals surface area contributed by atoms with E-state index < -0.39 is 24.1 Å². The number of carboxylic acids is 1. The van der Waals surface area contributed by atoms with Gasteiger partial charge in [-0.2, -0.15) is 0 Å². The molecule has 0 aromatic heterocycles. The van der Waals surface area contributed by atoms with Gasteiger partial charge in [0, 0.05) is 0 Å². The molecule has 0 amide bonds. The zero-order valence-corrected chi connectivity index (χ0v) is 10.9. The summed E-state index contributed by atoms with van der Waals surface area (Å²) in [6.07, 6.45) is 3.97. The van der Waals surface area contributed by atoms with E-state index in [0.717, 1.165) is 5.57 Å². The first kappa shape index (κ1) is 15.9. The highest BCUT2D eigenvalue weighted by molar-refractivity contribution is 5.73. The van der Waals surface area contributed by atoms with Crippen LogP contribution in [0, 0.1) is 5.92 Å². The summed E-state index contributed by atoms with van der Waals surface area (Å²) in [5.41, 5.74) is 0.778. The van der Waals surface area contributed by atoms with Crippen molar-refractivity contribution in [1.29, 1.82) is 0 Å². The van der Waals surface area contributed by atoms with Gasteiger partial charge in [-0.1, -0.05) is 23.3 Å². The Morgan fingerprint density at radius 1 is 1.29 bits per heavy atom. The molecule has 0 spiro atoms. The van der Waals surface area contributed by atoms with Crippen LogP contribution < -0.4 is 0 Å². The molecule has 0 aliphatic rings. The minimum Gasteiger partial charge on any atom is -0.481 e. The number of aliphatic hydroxyl groups is 2. The van der Waals surface area contributed by atoms with Gasteiger partial charge in [-0.15, -0.1) is 0 Å². The van der Waals surface area contributed by atoms with Gasteiger partial charge < -0.3 is 15.3 Å². The van der Waals surface area contributed by atoms with E-state index >= 15 is 0 Å². The average Bonchev–Trinajstić information content (AvgIpc) is 2.12. The lowest BCUT2D eigenvalue weighted by Crippen LogP contribution is -2.19. The molecule has 0 saturated heterocycles. The molecule has 0 radical (unpaired) electrons. The molecule has 98 valence electrons. The lowest BCUT2D eigenvalue weighted by atomic mass is 9.97. The predicted molar refractivity (Wildman–Crippen MR) is 66.6 cm³/mol. The molecule has 0 bridgehead atoms. The van der Waals surface area contributed by atoms with Crippen molar-refractivity contribution in [3.8, 4) is 0 Å². The third kappa shape index (κ3) is 6.92. The Balaban J connectivity index is 4.69. The van der Waals surface area contributed by atoms with E-state index in [4.69, 9.17) is 10.2 Å². The molecule has 0 saturated carbocycles. The Bertz CT molecular complexity index is 321. The summed E-state index contributed by atoms with van der Waals surface area (Å²) in [5, 5.41) is 27.4. The van der Waals surface area contributed by atoms with Crippen molar-refractivity contribution in [1.82, 2.24) is 0 Å². The van der Waals surface area contributed by atoms with Crippen molar-refractivity contribution < 1.29 is 20.1 Å². The van der Waals surface area contributed by atoms with Crippen LogP contribution in [-0.2, 0) is 4.79 Å². The summed E-state index contributed by atoms with van der Waals surface area (Å²) in [5.74, 6) is -1.89. The predicted octanol–water partition coefficient (Wildman–Crippen LogP) is 1.73. The summed E-state index contributed by atoms with van der Waals surface area (Å²) in [6.45, 7) is 6.57. The fourth-order valence-corrected chi connectivity index (χ4v) is 1.55. The third-order valence-electron chi connectivity index (χ3n) is 2.37. The minimum absolute atomic E-state index is 0.407. The van der Waals surface area contributed by atoms with E-state index in [0.29, 0.717) is 12.0 Å². The molecule has 1 atom stereocenters. The van der Waals surface area contributed by atoms with Gasteiger partial charge in [-0.3, -0.25) is 4.79 Å². The monoisotopic (exact) mass is 242 g/mol. The lowest BCUT2D eigenvalue weighted by molar-refractivity contribution is -0.141. The minimum atomic E-state index is -1.03. The van der Waals surface area contributed by atoms with Gasteiger partial charge in [0.2, 0.25) is 0 Å². The van der Waals surface area contributed by atoms with Gasteiger partial charge in [0.15, 0.2) is 0 Å². The SMILES string of the molecule is C/C(=C\C=C(/C)C(CO)C(=O)O)CC(C)(C)O. The van der Waals surface area contributed by atoms with E-state index in [1.165, 1.54) is 0 Å². The van der Waals surface area contributed by atoms with Gasteiger partial charge in [-0.25, -0.2) is 0 Å². The van der Waals surface area contributed by atoms with Crippen LogP contribution in [0.1, 0.15) is 34.1 Å². The molecule has 0 aromatic carbocycles. The number of aliphatic hydroxyl groups excluding tert-OH is 1. The maximum atomic E-state index is 10.8. The molecule has 4 heteroatoms. The maximum absolute atomic E-state index is 10.8. The molecular weight excluding hydrogens is 220 g/mol. The van der Waals surface area contributed by atoms with Gasteiger partial charge in [0.1, 0.15) is 5.92 Å². The van der Waals surface area contributed by atoms with Crippen molar-refractivity contribution in [2.24, 2.45) is 5.92 Å². The lowest BCUT2D eigenvalue weighted by Gasteiger charge is -2.17. The van der Waals surface area contributed by atoms with Crippen molar-refractivity contribution in [2.75, 3.05) is 6.61 Å². The van der Waals surface area contributed by atoms with Crippen molar-refractivity contribution in [3.63, 3.8) is 0 Å². The van der Waals surface area contributed by atoms with Crippen LogP contribution in [0.5, 0.6) is 0 Å². The molecule has 0 aliphatic heterocycles. The molecule has 1 unspecified atom stereocenters. The quantitative estimate of drug-likeness (QED) is 0.620. The standard InChI is InChI=1S/C13H22O4/c1-9(7-13(3,4)17)5-6-10(2)11(8-14)12(15)16/h5-6,11,14,17H,7-8H2,1-4H3,(H,15,16)/b9-5+,10-6+. The Morgan fingerprint density at radius 2 is 1.82 bits per heavy atom. The zero-order chi connectivity index (χ0) is 13.6. The molecule has 0 rings (SSSR count). The third-order valence-corrected chi connectivity index (χ3v) is 2.37. The number of allylic oxidation sites excluding steroid dienone is 2. The molecule has 0 aromatic rings. The van der Waals surface area contributed by atoms with Crippen LogP contribution in [-0.4, -0.2) is 33.5 Å². The van der Waals surface area contributed by atoms with Gasteiger partial charge in [0.05, 0.1) is 12.2 Å². The van der Waals surface area contributed by atoms with Crippen molar-refractivity contribution in [2.45, 2.75) is 39.7 Å². The number of rotatable bonds is 6. The molecular formula is C13H22O4. The molecule has 0 fully saturated rings. The van der Waals surface area contributed by atoms with Crippen LogP contribution in [0.2, 0.25) is 0 Å². The first-order valence-corrected chi connectivity index (χ1v) is 5.57. The van der Waals surface area contributed by atoms with Gasteiger partial charge in [-0.05, 0) is 34.1 Å². The number of hydrogen-bond donors (Lipinski definition) is 3. The Hall–Kier alpha value is -1.13. The zero-order valence-electron chi connectivity index (χ0n) is 10.9. The smallest absolute Gasteiger partial charge is 0.312 e. The Kier molecular flexibility index (Phi) is 6.13. The first-order valence-electron chi connectivity index (χ1n) is 5.57. The summed E-state index contributed by atoms with van der Waals surface area (Å²) in [6, 6.07) is 0. The van der Waals surface area contributed by atoms with Crippen LogP contribution in [0.15, 0.2) is 23.3 Å². The van der Waals surface area contributed by atoms with E-state index in [9.17, 15) is 9.90 Å². The maximum Gasteiger partial charge on any atom is 0.312 e. The molecule has 17 heavy (non-hydrogen) atoms. The fourth-order valence-electron chi connectivity index (χ4n) is 1.55. The highest BCUT2D eigenvalue weighted by atomic mass is 16.4. The van der Waals surface area contributed by atoms with E-state index in [1.54, 1.807) is 32.9 Å². The summed E-state index contributed by atoms with van der Waals surface area (Å²) < 4.78 is 0. The van der Waals surface area contributed by atoms with Crippen LogP contribution in [0.4, 0.5) is 0 Å². The second-order valence-corrected chi connectivity index (χ2v) is 4.99. The molecule has 0 heterocycles. The van der Waals surface area contributed by atoms with Crippen molar-refractivity contribution in [3.05, 3.63) is 23.3 Å². The summed E-state index contributed by atoms with van der Waals surface area (Å²) in [4.78, 5) is 10.8. The van der Waals surface area contributed by atoms with E-state index in [1.807, 2.05) is 6.92 Å². The van der Waals surface area contributed by atoms with Crippen LogP contribution in [0.25, 0.3) is 0 Å². The number of carbonyl (C=O) groups is 1. The summed E-state index contributed by atoms with van der Waals surface area (Å²) in [7, 11) is 0. The number of aliphatic carboxylic acids is 1. The largest absolute Gasteiger partial charge is 0.481 e. The normalized spacial score (nSPS) is 15.9. The Morgan fingerprint density at radius 3 is 2.18 bits per heavy atom. The van der Waals surface area contributed by atoms with Gasteiger partial charge >= 0.3 is 5.97 Å². The molecule has 0 aliphatic carbocycles. The van der Waals surface area contributed by atoms with E-state index in [2.05, 4.69) is 0 Å². The highest BCUT2D eigenvalue weighted by Gasteiger charge is 2.17. The topological polar surface area (TPSA) is 77.8 Å². The van der Waals surface area contributed by atoms with E-state index in [-0.39, 0.29) is 0 Å². The number of hydrogen-bond acceptors (Lipinski definition) is 3. The Labute approximate surface area is 102 Å². The second-order valence-electron chi connectivity index (χ2n) is 4.99. The number of carboxylic acid groups (broad SMARTS) is 1. The second kappa shape index (κ2) is 6.57. The van der Waals surface area contributed by atoms with Crippen LogP contribution in [0.3, 0.4) is 0 Å². The average molecular weight is 242 g/mol. The van der Waals surface area contributed by atoms with Crippen molar-refractivity contribution >= 4 is 5.97 Å². The first-order chi connectivity index (χ1) is 7.67. The summed E-state index contributed by atoms with van der Waals surface area (Å²) >= 11 is 0. The van der Waals surface area contributed by atoms with Gasteiger partial charge in [0.25, 0.3) is 0 Å². The molecule has 3 N–H and O–H groups in total. The highest BCUT2D eigenvalue weighted by Crippen LogP contribution is 2.16.